The molecule has 4 heteroatoms. The fourth-order valence-electron chi connectivity index (χ4n) is 3.49. The lowest BCUT2D eigenvalue weighted by Crippen LogP contribution is -2.44. The molecule has 2 saturated carbocycles. The Morgan fingerprint density at radius 3 is 2.86 bits per heavy atom. The quantitative estimate of drug-likeness (QED) is 0.879. The molecule has 2 aliphatic rings. The molecule has 2 unspecified atom stereocenters. The number of nitrogens with one attached hydrogen (secondary N) is 1. The first-order valence-electron chi connectivity index (χ1n) is 8.25. The smallest absolute Gasteiger partial charge is 0.223 e. The average molecular weight is 303 g/mol. The first-order valence-corrected chi connectivity index (χ1v) is 8.25. The lowest BCUT2D eigenvalue weighted by molar-refractivity contribution is -0.124. The Balaban J connectivity index is 1.52. The number of amides is 1. The zero-order valence-corrected chi connectivity index (χ0v) is 13.2. The summed E-state index contributed by atoms with van der Waals surface area (Å²) in [6.45, 7) is 0.396. The summed E-state index contributed by atoms with van der Waals surface area (Å²) >= 11 is 0. The van der Waals surface area contributed by atoms with Gasteiger partial charge < -0.3 is 15.2 Å². The zero-order chi connectivity index (χ0) is 15.6. The van der Waals surface area contributed by atoms with Crippen molar-refractivity contribution in [1.82, 2.24) is 5.32 Å². The topological polar surface area (TPSA) is 58.6 Å². The second-order valence-corrected chi connectivity index (χ2v) is 6.73. The van der Waals surface area contributed by atoms with Gasteiger partial charge in [-0.15, -0.1) is 0 Å². The third-order valence-corrected chi connectivity index (χ3v) is 5.03. The van der Waals surface area contributed by atoms with Crippen molar-refractivity contribution in [3.8, 4) is 5.75 Å². The summed E-state index contributed by atoms with van der Waals surface area (Å²) in [4.78, 5) is 12.3. The summed E-state index contributed by atoms with van der Waals surface area (Å²) in [5.41, 5.74) is 0.477. The van der Waals surface area contributed by atoms with Crippen LogP contribution in [0.3, 0.4) is 0 Å². The fraction of sp³-hybridized carbons (Fsp3) is 0.611. The maximum atomic E-state index is 12.3. The minimum atomic E-state index is -0.686. The molecule has 120 valence electrons. The molecular formula is C18H25NO3. The number of hydrogen-bond acceptors (Lipinski definition) is 3. The second kappa shape index (κ2) is 6.29. The maximum Gasteiger partial charge on any atom is 0.223 e. The molecule has 4 nitrogen and oxygen atoms in total. The summed E-state index contributed by atoms with van der Waals surface area (Å²) < 4.78 is 5.23. The lowest BCUT2D eigenvalue weighted by Gasteiger charge is -2.32. The Morgan fingerprint density at radius 1 is 1.36 bits per heavy atom. The molecule has 0 bridgehead atoms. The summed E-state index contributed by atoms with van der Waals surface area (Å²) in [6, 6.07) is 7.94. The standard InChI is InChI=1S/C18H25NO3/c1-22-14-7-5-6-13(10-14)15-11-16(15)17(20)19-12-18(21)8-3-2-4-9-18/h5-7,10,15-16,21H,2-4,8-9,11-12H2,1H3,(H,19,20). The molecule has 1 amide bonds. The van der Waals surface area contributed by atoms with Crippen LogP contribution in [0.1, 0.15) is 50.0 Å². The highest BCUT2D eigenvalue weighted by atomic mass is 16.5. The van der Waals surface area contributed by atoms with Crippen molar-refractivity contribution >= 4 is 5.91 Å². The lowest BCUT2D eigenvalue weighted by atomic mass is 9.85. The van der Waals surface area contributed by atoms with Crippen LogP contribution in [-0.2, 0) is 4.79 Å². The molecule has 2 aliphatic carbocycles. The van der Waals surface area contributed by atoms with Gasteiger partial charge in [-0.25, -0.2) is 0 Å². The number of methoxy groups -OCH3 is 1. The highest BCUT2D eigenvalue weighted by Crippen LogP contribution is 2.48. The van der Waals surface area contributed by atoms with E-state index in [9.17, 15) is 9.90 Å². The number of ether oxygens (including phenoxy) is 1. The van der Waals surface area contributed by atoms with Crippen molar-refractivity contribution in [2.75, 3.05) is 13.7 Å². The van der Waals surface area contributed by atoms with Crippen molar-refractivity contribution in [2.24, 2.45) is 5.92 Å². The van der Waals surface area contributed by atoms with Crippen LogP contribution in [0.2, 0.25) is 0 Å². The van der Waals surface area contributed by atoms with E-state index >= 15 is 0 Å². The highest BCUT2D eigenvalue weighted by Gasteiger charge is 2.44. The number of benzene rings is 1. The molecule has 0 aromatic heterocycles. The summed E-state index contributed by atoms with van der Waals surface area (Å²) in [7, 11) is 1.65. The predicted octanol–water partition coefficient (Wildman–Crippen LogP) is 2.61. The van der Waals surface area contributed by atoms with Gasteiger partial charge in [-0.3, -0.25) is 4.79 Å². The molecule has 0 aliphatic heterocycles. The Morgan fingerprint density at radius 2 is 2.14 bits per heavy atom. The molecule has 1 aromatic rings. The normalized spacial score (nSPS) is 26.3. The number of aliphatic hydroxyl groups is 1. The molecule has 0 radical (unpaired) electrons. The monoisotopic (exact) mass is 303 g/mol. The van der Waals surface area contributed by atoms with Gasteiger partial charge in [0, 0.05) is 12.5 Å². The average Bonchev–Trinajstić information content (AvgIpc) is 3.34. The van der Waals surface area contributed by atoms with Crippen LogP contribution in [0.15, 0.2) is 24.3 Å². The van der Waals surface area contributed by atoms with Crippen LogP contribution < -0.4 is 10.1 Å². The number of carbonyl (C=O) groups is 1. The van der Waals surface area contributed by atoms with E-state index in [0.717, 1.165) is 43.4 Å². The predicted molar refractivity (Wildman–Crippen MR) is 84.9 cm³/mol. The van der Waals surface area contributed by atoms with Gasteiger partial charge >= 0.3 is 0 Å². The van der Waals surface area contributed by atoms with E-state index in [1.807, 2.05) is 18.2 Å². The van der Waals surface area contributed by atoms with Crippen molar-refractivity contribution in [1.29, 1.82) is 0 Å². The van der Waals surface area contributed by atoms with Crippen LogP contribution in [0, 0.1) is 5.92 Å². The Bertz CT molecular complexity index is 537. The summed E-state index contributed by atoms with van der Waals surface area (Å²) in [5.74, 6) is 1.24. The minimum absolute atomic E-state index is 0.0410. The van der Waals surface area contributed by atoms with Gasteiger partial charge in [0.15, 0.2) is 0 Å². The third-order valence-electron chi connectivity index (χ3n) is 5.03. The van der Waals surface area contributed by atoms with E-state index in [2.05, 4.69) is 11.4 Å². The van der Waals surface area contributed by atoms with Gasteiger partial charge in [0.25, 0.3) is 0 Å². The van der Waals surface area contributed by atoms with Crippen molar-refractivity contribution in [2.45, 2.75) is 50.0 Å². The van der Waals surface area contributed by atoms with Crippen molar-refractivity contribution < 1.29 is 14.6 Å². The van der Waals surface area contributed by atoms with Gasteiger partial charge in [-0.1, -0.05) is 31.4 Å². The van der Waals surface area contributed by atoms with Gasteiger partial charge in [0.1, 0.15) is 5.75 Å². The van der Waals surface area contributed by atoms with E-state index in [-0.39, 0.29) is 17.7 Å². The zero-order valence-electron chi connectivity index (χ0n) is 13.2. The second-order valence-electron chi connectivity index (χ2n) is 6.73. The largest absolute Gasteiger partial charge is 0.497 e. The van der Waals surface area contributed by atoms with Crippen LogP contribution in [-0.4, -0.2) is 30.3 Å². The van der Waals surface area contributed by atoms with E-state index in [1.165, 1.54) is 6.42 Å². The SMILES string of the molecule is COc1cccc(C2CC2C(=O)NCC2(O)CCCCC2)c1. The molecule has 2 N–H and O–H groups in total. The van der Waals surface area contributed by atoms with Crippen molar-refractivity contribution in [3.63, 3.8) is 0 Å². The van der Waals surface area contributed by atoms with Crippen LogP contribution in [0.5, 0.6) is 5.75 Å². The molecule has 1 aromatic carbocycles. The number of carbonyl (C=O) groups excluding carboxylic acids is 1. The molecule has 3 rings (SSSR count). The highest BCUT2D eigenvalue weighted by molar-refractivity contribution is 5.83. The summed E-state index contributed by atoms with van der Waals surface area (Å²) in [6.07, 6.45) is 5.80. The Labute approximate surface area is 131 Å². The fourth-order valence-corrected chi connectivity index (χ4v) is 3.49. The molecule has 0 spiro atoms. The van der Waals surface area contributed by atoms with Crippen LogP contribution in [0.4, 0.5) is 0 Å². The molecule has 0 heterocycles. The summed E-state index contributed by atoms with van der Waals surface area (Å²) in [5, 5.41) is 13.4. The molecule has 22 heavy (non-hydrogen) atoms. The maximum absolute atomic E-state index is 12.3. The number of hydrogen-bond donors (Lipinski definition) is 2. The first kappa shape index (κ1) is 15.3. The molecule has 2 fully saturated rings. The third kappa shape index (κ3) is 3.43. The van der Waals surface area contributed by atoms with Crippen LogP contribution >= 0.6 is 0 Å². The van der Waals surface area contributed by atoms with Gasteiger partial charge in [0.05, 0.1) is 12.7 Å². The van der Waals surface area contributed by atoms with Crippen molar-refractivity contribution in [3.05, 3.63) is 29.8 Å². The minimum Gasteiger partial charge on any atom is -0.497 e. The Hall–Kier alpha value is -1.55. The van der Waals surface area contributed by atoms with Crippen LogP contribution in [0.25, 0.3) is 0 Å². The van der Waals surface area contributed by atoms with E-state index in [1.54, 1.807) is 7.11 Å². The first-order chi connectivity index (χ1) is 10.6. The van der Waals surface area contributed by atoms with Gasteiger partial charge in [-0.2, -0.15) is 0 Å². The molecular weight excluding hydrogens is 278 g/mol. The Kier molecular flexibility index (Phi) is 4.39. The van der Waals surface area contributed by atoms with E-state index in [4.69, 9.17) is 4.74 Å². The van der Waals surface area contributed by atoms with E-state index in [0.29, 0.717) is 6.54 Å². The van der Waals surface area contributed by atoms with Gasteiger partial charge in [-0.05, 0) is 42.9 Å². The number of rotatable bonds is 5. The molecule has 2 atom stereocenters. The van der Waals surface area contributed by atoms with E-state index < -0.39 is 5.60 Å². The molecule has 0 saturated heterocycles. The van der Waals surface area contributed by atoms with Gasteiger partial charge in [0.2, 0.25) is 5.91 Å².